The molecule has 0 spiro atoms. The van der Waals surface area contributed by atoms with Gasteiger partial charge in [0.1, 0.15) is 6.04 Å². The summed E-state index contributed by atoms with van der Waals surface area (Å²) in [7, 11) is 0. The van der Waals surface area contributed by atoms with E-state index < -0.39 is 6.04 Å². The number of halogens is 1. The highest BCUT2D eigenvalue weighted by Crippen LogP contribution is 2.18. The average Bonchev–Trinajstić information content (AvgIpc) is 2.73. The number of unbranched alkanes of at least 4 members (excludes halogenated alkanes) is 1. The van der Waals surface area contributed by atoms with Crippen LogP contribution in [0.25, 0.3) is 0 Å². The lowest BCUT2D eigenvalue weighted by Crippen LogP contribution is -2.48. The van der Waals surface area contributed by atoms with Crippen LogP contribution < -0.4 is 5.32 Å². The number of thioether (sulfide) groups is 1. The molecule has 2 rings (SSSR count). The van der Waals surface area contributed by atoms with Crippen molar-refractivity contribution in [2.24, 2.45) is 0 Å². The van der Waals surface area contributed by atoms with Crippen LogP contribution in [0.15, 0.2) is 53.0 Å². The fraction of sp³-hybridized carbons (Fsp3) is 0.417. The highest BCUT2D eigenvalue weighted by Gasteiger charge is 2.25. The van der Waals surface area contributed by atoms with Crippen LogP contribution in [0, 0.1) is 6.92 Å². The van der Waals surface area contributed by atoms with E-state index in [0.29, 0.717) is 18.8 Å². The fourth-order valence-corrected chi connectivity index (χ4v) is 4.29. The van der Waals surface area contributed by atoms with E-state index in [1.54, 1.807) is 16.7 Å². The minimum atomic E-state index is -0.520. The zero-order valence-electron chi connectivity index (χ0n) is 18.0. The van der Waals surface area contributed by atoms with Gasteiger partial charge in [0.05, 0.1) is 5.75 Å². The van der Waals surface area contributed by atoms with Crippen molar-refractivity contribution < 1.29 is 9.59 Å². The Labute approximate surface area is 192 Å². The topological polar surface area (TPSA) is 49.4 Å². The van der Waals surface area contributed by atoms with Crippen LogP contribution in [0.5, 0.6) is 0 Å². The second-order valence-electron chi connectivity index (χ2n) is 7.45. The Kier molecular flexibility index (Phi) is 10.4. The molecule has 0 heterocycles. The van der Waals surface area contributed by atoms with E-state index in [9.17, 15) is 9.59 Å². The summed E-state index contributed by atoms with van der Waals surface area (Å²) >= 11 is 5.06. The molecule has 2 aromatic rings. The van der Waals surface area contributed by atoms with Crippen molar-refractivity contribution in [3.63, 3.8) is 0 Å². The number of aryl methyl sites for hydroxylation is 1. The van der Waals surface area contributed by atoms with Gasteiger partial charge < -0.3 is 10.2 Å². The Morgan fingerprint density at radius 3 is 2.53 bits per heavy atom. The van der Waals surface area contributed by atoms with E-state index >= 15 is 0 Å². The number of nitrogens with zero attached hydrogens (tertiary/aromatic N) is 1. The number of rotatable bonds is 11. The van der Waals surface area contributed by atoms with Crippen molar-refractivity contribution in [2.75, 3.05) is 12.3 Å². The molecule has 0 aliphatic heterocycles. The molecule has 0 saturated carbocycles. The highest BCUT2D eigenvalue weighted by atomic mass is 79.9. The SMILES string of the molecule is CCCCNC(=O)C(C)N(Cc1cccc(Br)c1)C(=O)CSCc1ccc(C)cc1. The van der Waals surface area contributed by atoms with Crippen LogP contribution in [-0.4, -0.2) is 35.1 Å². The van der Waals surface area contributed by atoms with E-state index in [2.05, 4.69) is 59.4 Å². The number of benzene rings is 2. The maximum absolute atomic E-state index is 13.1. The smallest absolute Gasteiger partial charge is 0.242 e. The van der Waals surface area contributed by atoms with E-state index in [-0.39, 0.29) is 11.8 Å². The zero-order chi connectivity index (χ0) is 21.9. The summed E-state index contributed by atoms with van der Waals surface area (Å²) in [6.45, 7) is 7.01. The number of amides is 2. The van der Waals surface area contributed by atoms with Crippen molar-refractivity contribution in [1.82, 2.24) is 10.2 Å². The molecule has 6 heteroatoms. The minimum Gasteiger partial charge on any atom is -0.354 e. The van der Waals surface area contributed by atoms with Gasteiger partial charge in [-0.15, -0.1) is 11.8 Å². The number of carbonyl (C=O) groups excluding carboxylic acids is 2. The van der Waals surface area contributed by atoms with Gasteiger partial charge in [-0.05, 0) is 43.5 Å². The second-order valence-corrected chi connectivity index (χ2v) is 9.35. The molecular formula is C24H31BrN2O2S. The number of hydrogen-bond acceptors (Lipinski definition) is 3. The molecule has 2 amide bonds. The number of carbonyl (C=O) groups is 2. The van der Waals surface area contributed by atoms with Gasteiger partial charge in [-0.3, -0.25) is 9.59 Å². The molecule has 1 atom stereocenters. The van der Waals surface area contributed by atoms with Gasteiger partial charge in [-0.25, -0.2) is 0 Å². The molecule has 0 aromatic heterocycles. The second kappa shape index (κ2) is 12.8. The predicted octanol–water partition coefficient (Wildman–Crippen LogP) is 5.32. The van der Waals surface area contributed by atoms with Crippen LogP contribution in [0.4, 0.5) is 0 Å². The van der Waals surface area contributed by atoms with Crippen LogP contribution in [0.2, 0.25) is 0 Å². The standard InChI is InChI=1S/C24H31BrN2O2S/c1-4-5-13-26-24(29)19(3)27(15-21-7-6-8-22(25)14-21)23(28)17-30-16-20-11-9-18(2)10-12-20/h6-12,14,19H,4-5,13,15-17H2,1-3H3,(H,26,29). The lowest BCUT2D eigenvalue weighted by Gasteiger charge is -2.29. The largest absolute Gasteiger partial charge is 0.354 e. The first-order valence-corrected chi connectivity index (χ1v) is 12.3. The van der Waals surface area contributed by atoms with Crippen LogP contribution in [-0.2, 0) is 21.9 Å². The van der Waals surface area contributed by atoms with E-state index in [0.717, 1.165) is 28.6 Å². The van der Waals surface area contributed by atoms with Crippen LogP contribution in [0.1, 0.15) is 43.4 Å². The van der Waals surface area contributed by atoms with Gasteiger partial charge in [0.25, 0.3) is 0 Å². The van der Waals surface area contributed by atoms with Crippen molar-refractivity contribution in [1.29, 1.82) is 0 Å². The normalized spacial score (nSPS) is 11.7. The molecule has 1 unspecified atom stereocenters. The van der Waals surface area contributed by atoms with E-state index in [1.807, 2.05) is 31.2 Å². The summed E-state index contributed by atoms with van der Waals surface area (Å²) in [6, 6.07) is 15.7. The van der Waals surface area contributed by atoms with Gasteiger partial charge in [0.15, 0.2) is 0 Å². The maximum Gasteiger partial charge on any atom is 0.242 e. The molecule has 30 heavy (non-hydrogen) atoms. The molecule has 0 aliphatic rings. The molecule has 0 saturated heterocycles. The van der Waals surface area contributed by atoms with E-state index in [4.69, 9.17) is 0 Å². The van der Waals surface area contributed by atoms with Crippen molar-refractivity contribution >= 4 is 39.5 Å². The van der Waals surface area contributed by atoms with Gasteiger partial charge in [-0.1, -0.05) is 71.2 Å². The summed E-state index contributed by atoms with van der Waals surface area (Å²) in [5, 5.41) is 2.95. The Morgan fingerprint density at radius 1 is 1.13 bits per heavy atom. The number of hydrogen-bond donors (Lipinski definition) is 1. The number of nitrogens with one attached hydrogen (secondary N) is 1. The first-order chi connectivity index (χ1) is 14.4. The first-order valence-electron chi connectivity index (χ1n) is 10.4. The van der Waals surface area contributed by atoms with Crippen LogP contribution >= 0.6 is 27.7 Å². The Morgan fingerprint density at radius 2 is 1.87 bits per heavy atom. The first kappa shape index (κ1) is 24.5. The third kappa shape index (κ3) is 8.15. The Balaban J connectivity index is 2.03. The predicted molar refractivity (Wildman–Crippen MR) is 129 cm³/mol. The molecule has 0 radical (unpaired) electrons. The molecule has 0 aliphatic carbocycles. The molecule has 162 valence electrons. The van der Waals surface area contributed by atoms with Gasteiger partial charge in [0, 0.05) is 23.3 Å². The summed E-state index contributed by atoms with van der Waals surface area (Å²) in [6.07, 6.45) is 1.95. The fourth-order valence-electron chi connectivity index (χ4n) is 2.97. The monoisotopic (exact) mass is 490 g/mol. The summed E-state index contributed by atoms with van der Waals surface area (Å²) in [5.74, 6) is 0.989. The van der Waals surface area contributed by atoms with Gasteiger partial charge in [-0.2, -0.15) is 0 Å². The lowest BCUT2D eigenvalue weighted by molar-refractivity contribution is -0.138. The zero-order valence-corrected chi connectivity index (χ0v) is 20.4. The lowest BCUT2D eigenvalue weighted by atomic mass is 10.1. The summed E-state index contributed by atoms with van der Waals surface area (Å²) < 4.78 is 0.959. The quantitative estimate of drug-likeness (QED) is 0.433. The summed E-state index contributed by atoms with van der Waals surface area (Å²) in [4.78, 5) is 27.4. The highest BCUT2D eigenvalue weighted by molar-refractivity contribution is 9.10. The van der Waals surface area contributed by atoms with Gasteiger partial charge in [0.2, 0.25) is 11.8 Å². The third-order valence-corrected chi connectivity index (χ3v) is 6.34. The van der Waals surface area contributed by atoms with Crippen LogP contribution in [0.3, 0.4) is 0 Å². The Bertz CT molecular complexity index is 826. The van der Waals surface area contributed by atoms with Crippen molar-refractivity contribution in [3.8, 4) is 0 Å². The molecule has 0 fully saturated rings. The molecule has 0 bridgehead atoms. The van der Waals surface area contributed by atoms with Gasteiger partial charge >= 0.3 is 0 Å². The molecular weight excluding hydrogens is 460 g/mol. The Hall–Kier alpha value is -1.79. The minimum absolute atomic E-state index is 0.0229. The third-order valence-electron chi connectivity index (χ3n) is 4.85. The molecule has 1 N–H and O–H groups in total. The summed E-state index contributed by atoms with van der Waals surface area (Å²) in [5.41, 5.74) is 3.42. The average molecular weight is 491 g/mol. The molecule has 4 nitrogen and oxygen atoms in total. The van der Waals surface area contributed by atoms with Crippen molar-refractivity contribution in [2.45, 2.75) is 52.0 Å². The maximum atomic E-state index is 13.1. The molecule has 2 aromatic carbocycles. The van der Waals surface area contributed by atoms with E-state index in [1.165, 1.54) is 11.1 Å². The van der Waals surface area contributed by atoms with Crippen molar-refractivity contribution in [3.05, 3.63) is 69.7 Å².